The first-order chi connectivity index (χ1) is 14.9. The second kappa shape index (κ2) is 7.97. The summed E-state index contributed by atoms with van der Waals surface area (Å²) in [4.78, 5) is 0. The van der Waals surface area contributed by atoms with Crippen molar-refractivity contribution in [2.24, 2.45) is 52.3 Å². The van der Waals surface area contributed by atoms with Crippen molar-refractivity contribution in [3.8, 4) is 12.3 Å². The number of nitrogens with zero attached hydrogens (tertiary/aromatic N) is 2. The predicted octanol–water partition coefficient (Wildman–Crippen LogP) is 7.19. The molecule has 170 valence electrons. The van der Waals surface area contributed by atoms with E-state index in [0.29, 0.717) is 16.7 Å². The van der Waals surface area contributed by atoms with Crippen molar-refractivity contribution in [1.82, 2.24) is 9.78 Å². The standard InChI is InChI=1S/C29H44N2/c1-6-22-14-17-31(30-22)19-20(3)26-10-11-27-25-9-8-21-18-28(4,7-2)15-12-23(21)24(25)13-16-29(26,27)5/h1,14,17,20-21,23-27H,7-13,15-16,18-19H2,2-5H3/t20?,21?,23?,24?,25?,26?,27?,28-,29?/m0/s1. The molecule has 5 rings (SSSR count). The molecule has 0 saturated heterocycles. The summed E-state index contributed by atoms with van der Waals surface area (Å²) in [5.41, 5.74) is 1.95. The summed E-state index contributed by atoms with van der Waals surface area (Å²) >= 11 is 0. The van der Waals surface area contributed by atoms with Crippen LogP contribution in [0.5, 0.6) is 0 Å². The molecule has 0 aromatic carbocycles. The molecule has 8 unspecified atom stereocenters. The van der Waals surface area contributed by atoms with Gasteiger partial charge in [-0.05, 0) is 122 Å². The van der Waals surface area contributed by atoms with Gasteiger partial charge in [0.1, 0.15) is 5.69 Å². The summed E-state index contributed by atoms with van der Waals surface area (Å²) in [7, 11) is 0. The Balaban J connectivity index is 1.29. The third kappa shape index (κ3) is 3.59. The van der Waals surface area contributed by atoms with Crippen molar-refractivity contribution >= 4 is 0 Å². The van der Waals surface area contributed by atoms with Crippen LogP contribution in [0.3, 0.4) is 0 Å². The fourth-order valence-electron chi connectivity index (χ4n) is 9.45. The Hall–Kier alpha value is -1.23. The first-order valence-corrected chi connectivity index (χ1v) is 13.4. The van der Waals surface area contributed by atoms with Gasteiger partial charge in [0.15, 0.2) is 0 Å². The Labute approximate surface area is 191 Å². The molecule has 2 heteroatoms. The largest absolute Gasteiger partial charge is 0.271 e. The lowest BCUT2D eigenvalue weighted by atomic mass is 9.47. The zero-order valence-corrected chi connectivity index (χ0v) is 20.4. The van der Waals surface area contributed by atoms with Crippen LogP contribution in [0, 0.1) is 64.6 Å². The van der Waals surface area contributed by atoms with Crippen molar-refractivity contribution in [3.63, 3.8) is 0 Å². The first-order valence-electron chi connectivity index (χ1n) is 13.4. The molecule has 4 aliphatic rings. The fraction of sp³-hybridized carbons (Fsp3) is 0.828. The lowest BCUT2D eigenvalue weighted by Gasteiger charge is -2.58. The quantitative estimate of drug-likeness (QED) is 0.471. The van der Waals surface area contributed by atoms with Crippen LogP contribution in [-0.4, -0.2) is 9.78 Å². The van der Waals surface area contributed by atoms with Gasteiger partial charge in [-0.2, -0.15) is 5.10 Å². The molecule has 9 atom stereocenters. The van der Waals surface area contributed by atoms with Gasteiger partial charge in [0.25, 0.3) is 0 Å². The highest BCUT2D eigenvalue weighted by Crippen LogP contribution is 2.66. The van der Waals surface area contributed by atoms with E-state index in [1.54, 1.807) is 0 Å². The molecule has 1 aromatic rings. The molecule has 0 bridgehead atoms. The van der Waals surface area contributed by atoms with Crippen LogP contribution in [0.4, 0.5) is 0 Å². The van der Waals surface area contributed by atoms with Gasteiger partial charge >= 0.3 is 0 Å². The predicted molar refractivity (Wildman–Crippen MR) is 128 cm³/mol. The fourth-order valence-corrected chi connectivity index (χ4v) is 9.45. The van der Waals surface area contributed by atoms with E-state index < -0.39 is 0 Å². The minimum absolute atomic E-state index is 0.544. The zero-order chi connectivity index (χ0) is 21.8. The van der Waals surface area contributed by atoms with Crippen molar-refractivity contribution in [1.29, 1.82) is 0 Å². The molecule has 31 heavy (non-hydrogen) atoms. The van der Waals surface area contributed by atoms with E-state index >= 15 is 0 Å². The van der Waals surface area contributed by atoms with Gasteiger partial charge in [-0.15, -0.1) is 6.42 Å². The summed E-state index contributed by atoms with van der Waals surface area (Å²) in [6.45, 7) is 11.2. The second-order valence-electron chi connectivity index (χ2n) is 12.6. The molecule has 0 radical (unpaired) electrons. The van der Waals surface area contributed by atoms with Gasteiger partial charge in [0.05, 0.1) is 0 Å². The van der Waals surface area contributed by atoms with E-state index in [0.717, 1.165) is 47.7 Å². The normalized spacial score (nSPS) is 45.3. The van der Waals surface area contributed by atoms with Gasteiger partial charge in [-0.1, -0.05) is 34.1 Å². The lowest BCUT2D eigenvalue weighted by molar-refractivity contribution is -0.0837. The zero-order valence-electron chi connectivity index (χ0n) is 20.4. The summed E-state index contributed by atoms with van der Waals surface area (Å²) < 4.78 is 2.10. The molecule has 1 heterocycles. The Morgan fingerprint density at radius 3 is 2.65 bits per heavy atom. The Morgan fingerprint density at radius 1 is 1.10 bits per heavy atom. The van der Waals surface area contributed by atoms with E-state index in [1.165, 1.54) is 64.2 Å². The molecule has 2 nitrogen and oxygen atoms in total. The summed E-state index contributed by atoms with van der Waals surface area (Å²) in [6.07, 6.45) is 22.4. The van der Waals surface area contributed by atoms with E-state index in [9.17, 15) is 0 Å². The molecule has 1 aromatic heterocycles. The minimum atomic E-state index is 0.544. The molecular weight excluding hydrogens is 376 g/mol. The summed E-state index contributed by atoms with van der Waals surface area (Å²) in [5.74, 6) is 9.29. The van der Waals surface area contributed by atoms with Crippen LogP contribution in [0.2, 0.25) is 0 Å². The monoisotopic (exact) mass is 420 g/mol. The van der Waals surface area contributed by atoms with Crippen molar-refractivity contribution in [3.05, 3.63) is 18.0 Å². The van der Waals surface area contributed by atoms with Crippen LogP contribution < -0.4 is 0 Å². The third-order valence-electron chi connectivity index (χ3n) is 11.2. The summed E-state index contributed by atoms with van der Waals surface area (Å²) in [5, 5.41) is 4.58. The van der Waals surface area contributed by atoms with Gasteiger partial charge in [-0.3, -0.25) is 4.68 Å². The molecular formula is C29H44N2. The lowest BCUT2D eigenvalue weighted by Crippen LogP contribution is -2.50. The van der Waals surface area contributed by atoms with Crippen LogP contribution in [0.25, 0.3) is 0 Å². The maximum atomic E-state index is 5.53. The first kappa shape index (κ1) is 21.6. The Morgan fingerprint density at radius 2 is 1.90 bits per heavy atom. The van der Waals surface area contributed by atoms with Crippen molar-refractivity contribution in [2.45, 2.75) is 98.4 Å². The molecule has 0 amide bonds. The average Bonchev–Trinajstić information content (AvgIpc) is 3.36. The van der Waals surface area contributed by atoms with Gasteiger partial charge in [0.2, 0.25) is 0 Å². The van der Waals surface area contributed by atoms with Gasteiger partial charge in [-0.25, -0.2) is 0 Å². The average molecular weight is 421 g/mol. The van der Waals surface area contributed by atoms with Crippen LogP contribution >= 0.6 is 0 Å². The Kier molecular flexibility index (Phi) is 5.55. The van der Waals surface area contributed by atoms with Crippen molar-refractivity contribution in [2.75, 3.05) is 0 Å². The van der Waals surface area contributed by atoms with E-state index in [-0.39, 0.29) is 0 Å². The van der Waals surface area contributed by atoms with Crippen LogP contribution in [0.1, 0.15) is 97.6 Å². The highest BCUT2D eigenvalue weighted by atomic mass is 15.3. The number of hydrogen-bond donors (Lipinski definition) is 0. The van der Waals surface area contributed by atoms with Gasteiger partial charge < -0.3 is 0 Å². The molecule has 4 saturated carbocycles. The Bertz CT molecular complexity index is 832. The minimum Gasteiger partial charge on any atom is -0.271 e. The number of rotatable bonds is 4. The van der Waals surface area contributed by atoms with Gasteiger partial charge in [0, 0.05) is 12.7 Å². The number of aromatic nitrogens is 2. The van der Waals surface area contributed by atoms with Crippen molar-refractivity contribution < 1.29 is 0 Å². The smallest absolute Gasteiger partial charge is 0.134 e. The van der Waals surface area contributed by atoms with Crippen LogP contribution in [0.15, 0.2) is 12.3 Å². The number of fused-ring (bicyclic) bond motifs is 5. The molecule has 4 aliphatic carbocycles. The molecule has 4 fully saturated rings. The second-order valence-corrected chi connectivity index (χ2v) is 12.6. The maximum absolute atomic E-state index is 5.53. The molecule has 0 spiro atoms. The highest BCUT2D eigenvalue weighted by molar-refractivity contribution is 5.21. The number of hydrogen-bond acceptors (Lipinski definition) is 1. The van der Waals surface area contributed by atoms with E-state index in [2.05, 4.69) is 49.6 Å². The highest BCUT2D eigenvalue weighted by Gasteiger charge is 2.58. The molecule has 0 N–H and O–H groups in total. The summed E-state index contributed by atoms with van der Waals surface area (Å²) in [6, 6.07) is 1.98. The topological polar surface area (TPSA) is 17.8 Å². The molecule has 0 aliphatic heterocycles. The SMILES string of the molecule is C#Cc1ccn(CC(C)C2CCC3C4CCC5C[C@@](C)(CC)CCC5C4CCC23C)n1. The van der Waals surface area contributed by atoms with E-state index in [1.807, 2.05) is 6.07 Å². The third-order valence-corrected chi connectivity index (χ3v) is 11.2. The van der Waals surface area contributed by atoms with Crippen LogP contribution in [-0.2, 0) is 6.54 Å². The number of terminal acetylenes is 1. The maximum Gasteiger partial charge on any atom is 0.134 e. The van der Waals surface area contributed by atoms with E-state index in [4.69, 9.17) is 6.42 Å².